The number of aromatic nitrogens is 4. The van der Waals surface area contributed by atoms with E-state index in [0.717, 1.165) is 0 Å². The largest absolute Gasteiger partial charge is 0.319 e. The van der Waals surface area contributed by atoms with Crippen LogP contribution in [0.5, 0.6) is 0 Å². The Morgan fingerprint density at radius 3 is 2.90 bits per heavy atom. The number of nitrogens with one attached hydrogen (secondary N) is 2. The fourth-order valence-electron chi connectivity index (χ4n) is 1.91. The molecule has 0 radical (unpaired) electrons. The molecule has 3 rings (SSSR count). The smallest absolute Gasteiger partial charge is 0.266 e. The molecule has 0 fully saturated rings. The van der Waals surface area contributed by atoms with Gasteiger partial charge in [-0.05, 0) is 18.2 Å². The van der Waals surface area contributed by atoms with Crippen molar-refractivity contribution in [2.75, 3.05) is 11.9 Å². The monoisotopic (exact) mass is 269 g/mol. The summed E-state index contributed by atoms with van der Waals surface area (Å²) in [6.45, 7) is 0. The van der Waals surface area contributed by atoms with E-state index in [4.69, 9.17) is 0 Å². The van der Waals surface area contributed by atoms with E-state index in [9.17, 15) is 9.59 Å². The van der Waals surface area contributed by atoms with Crippen LogP contribution in [0.15, 0.2) is 41.6 Å². The number of benzene rings is 1. The molecule has 7 heteroatoms. The van der Waals surface area contributed by atoms with Crippen molar-refractivity contribution in [2.45, 2.75) is 0 Å². The van der Waals surface area contributed by atoms with Gasteiger partial charge < -0.3 is 9.88 Å². The Balaban J connectivity index is 2.01. The maximum atomic E-state index is 12.3. The van der Waals surface area contributed by atoms with E-state index in [1.54, 1.807) is 37.6 Å². The first kappa shape index (κ1) is 12.1. The molecule has 100 valence electrons. The Morgan fingerprint density at radius 2 is 2.15 bits per heavy atom. The first-order chi connectivity index (χ1) is 9.65. The van der Waals surface area contributed by atoms with Gasteiger partial charge in [0.2, 0.25) is 0 Å². The summed E-state index contributed by atoms with van der Waals surface area (Å²) in [6, 6.07) is 4.98. The van der Waals surface area contributed by atoms with Gasteiger partial charge in [-0.3, -0.25) is 14.7 Å². The number of rotatable bonds is 2. The number of hydrogen-bond donors (Lipinski definition) is 2. The predicted octanol–water partition coefficient (Wildman–Crippen LogP) is 0.923. The predicted molar refractivity (Wildman–Crippen MR) is 73.7 cm³/mol. The second kappa shape index (κ2) is 4.61. The van der Waals surface area contributed by atoms with Crippen LogP contribution in [0.2, 0.25) is 0 Å². The highest BCUT2D eigenvalue weighted by Crippen LogP contribution is 2.15. The van der Waals surface area contributed by atoms with Crippen LogP contribution in [-0.4, -0.2) is 33.1 Å². The number of amides is 1. The summed E-state index contributed by atoms with van der Waals surface area (Å²) in [7, 11) is 1.66. The minimum Gasteiger partial charge on any atom is -0.319 e. The summed E-state index contributed by atoms with van der Waals surface area (Å²) in [6.07, 6.45) is 4.40. The van der Waals surface area contributed by atoms with Gasteiger partial charge in [0, 0.05) is 18.8 Å². The van der Waals surface area contributed by atoms with E-state index < -0.39 is 0 Å². The van der Waals surface area contributed by atoms with Crippen LogP contribution in [0.25, 0.3) is 11.0 Å². The van der Waals surface area contributed by atoms with E-state index in [2.05, 4.69) is 20.2 Å². The third-order valence-corrected chi connectivity index (χ3v) is 3.00. The molecule has 7 nitrogen and oxygen atoms in total. The van der Waals surface area contributed by atoms with E-state index >= 15 is 0 Å². The average molecular weight is 269 g/mol. The van der Waals surface area contributed by atoms with E-state index in [0.29, 0.717) is 22.3 Å². The van der Waals surface area contributed by atoms with Crippen LogP contribution in [0.1, 0.15) is 10.4 Å². The SMILES string of the molecule is CN(C(=O)c1ccc2ncc(=O)[nH]c2c1)c1cn[nH]c1. The molecule has 1 aromatic carbocycles. The number of carbonyl (C=O) groups excluding carboxylic acids is 1. The van der Waals surface area contributed by atoms with Gasteiger partial charge in [0.1, 0.15) is 0 Å². The minimum atomic E-state index is -0.301. The van der Waals surface area contributed by atoms with Gasteiger partial charge in [-0.1, -0.05) is 0 Å². The van der Waals surface area contributed by atoms with Gasteiger partial charge in [-0.15, -0.1) is 0 Å². The summed E-state index contributed by atoms with van der Waals surface area (Å²) in [5.41, 5.74) is 1.99. The lowest BCUT2D eigenvalue weighted by Gasteiger charge is -2.14. The molecule has 1 amide bonds. The van der Waals surface area contributed by atoms with Crippen molar-refractivity contribution in [1.29, 1.82) is 0 Å². The number of fused-ring (bicyclic) bond motifs is 1. The van der Waals surface area contributed by atoms with Crippen molar-refractivity contribution in [3.05, 3.63) is 52.7 Å². The number of hydrogen-bond acceptors (Lipinski definition) is 4. The zero-order valence-electron chi connectivity index (χ0n) is 10.6. The Kier molecular flexibility index (Phi) is 2.79. The van der Waals surface area contributed by atoms with Crippen molar-refractivity contribution in [3.63, 3.8) is 0 Å². The van der Waals surface area contributed by atoms with Crippen LogP contribution in [0, 0.1) is 0 Å². The first-order valence-electron chi connectivity index (χ1n) is 5.91. The lowest BCUT2D eigenvalue weighted by molar-refractivity contribution is 0.0993. The van der Waals surface area contributed by atoms with E-state index in [-0.39, 0.29) is 11.5 Å². The summed E-state index contributed by atoms with van der Waals surface area (Å²) in [5, 5.41) is 6.46. The molecule has 2 heterocycles. The Hall–Kier alpha value is -2.96. The van der Waals surface area contributed by atoms with Crippen LogP contribution in [0.3, 0.4) is 0 Å². The van der Waals surface area contributed by atoms with Crippen LogP contribution < -0.4 is 10.5 Å². The highest BCUT2D eigenvalue weighted by Gasteiger charge is 2.14. The zero-order valence-corrected chi connectivity index (χ0v) is 10.6. The minimum absolute atomic E-state index is 0.196. The Bertz CT molecular complexity index is 822. The highest BCUT2D eigenvalue weighted by molar-refractivity contribution is 6.07. The Morgan fingerprint density at radius 1 is 1.30 bits per heavy atom. The van der Waals surface area contributed by atoms with Gasteiger partial charge in [-0.25, -0.2) is 4.98 Å². The number of aromatic amines is 2. The van der Waals surface area contributed by atoms with Gasteiger partial charge in [-0.2, -0.15) is 5.10 Å². The highest BCUT2D eigenvalue weighted by atomic mass is 16.2. The van der Waals surface area contributed by atoms with Crippen molar-refractivity contribution in [3.8, 4) is 0 Å². The first-order valence-corrected chi connectivity index (χ1v) is 5.91. The van der Waals surface area contributed by atoms with Crippen molar-refractivity contribution in [1.82, 2.24) is 20.2 Å². The van der Waals surface area contributed by atoms with Gasteiger partial charge in [0.15, 0.2) is 0 Å². The van der Waals surface area contributed by atoms with Crippen molar-refractivity contribution < 1.29 is 4.79 Å². The van der Waals surface area contributed by atoms with Crippen molar-refractivity contribution in [2.24, 2.45) is 0 Å². The summed E-state index contributed by atoms with van der Waals surface area (Å²) < 4.78 is 0. The molecule has 0 aliphatic rings. The molecule has 2 aromatic heterocycles. The molecule has 0 aliphatic heterocycles. The number of anilines is 1. The van der Waals surface area contributed by atoms with Gasteiger partial charge in [0.05, 0.1) is 29.1 Å². The zero-order chi connectivity index (χ0) is 14.1. The number of nitrogens with zero attached hydrogens (tertiary/aromatic N) is 3. The maximum absolute atomic E-state index is 12.3. The molecule has 0 unspecified atom stereocenters. The summed E-state index contributed by atoms with van der Waals surface area (Å²) >= 11 is 0. The molecular weight excluding hydrogens is 258 g/mol. The molecule has 0 saturated carbocycles. The summed E-state index contributed by atoms with van der Waals surface area (Å²) in [5.74, 6) is -0.196. The van der Waals surface area contributed by atoms with E-state index in [1.807, 2.05) is 0 Å². The quantitative estimate of drug-likeness (QED) is 0.723. The molecule has 2 N–H and O–H groups in total. The molecule has 0 saturated heterocycles. The molecule has 20 heavy (non-hydrogen) atoms. The molecule has 0 aliphatic carbocycles. The maximum Gasteiger partial charge on any atom is 0.266 e. The second-order valence-corrected chi connectivity index (χ2v) is 4.30. The Labute approximate surface area is 113 Å². The van der Waals surface area contributed by atoms with Crippen LogP contribution in [0.4, 0.5) is 5.69 Å². The molecule has 3 aromatic rings. The van der Waals surface area contributed by atoms with Crippen LogP contribution >= 0.6 is 0 Å². The van der Waals surface area contributed by atoms with Gasteiger partial charge >= 0.3 is 0 Å². The lowest BCUT2D eigenvalue weighted by atomic mass is 10.1. The summed E-state index contributed by atoms with van der Waals surface area (Å²) in [4.78, 5) is 31.7. The fraction of sp³-hybridized carbons (Fsp3) is 0.0769. The topological polar surface area (TPSA) is 94.7 Å². The molecule has 0 atom stereocenters. The second-order valence-electron chi connectivity index (χ2n) is 4.30. The van der Waals surface area contributed by atoms with E-state index in [1.165, 1.54) is 11.1 Å². The van der Waals surface area contributed by atoms with Gasteiger partial charge in [0.25, 0.3) is 11.5 Å². The number of carbonyl (C=O) groups is 1. The van der Waals surface area contributed by atoms with Crippen LogP contribution in [-0.2, 0) is 0 Å². The third kappa shape index (κ3) is 2.05. The lowest BCUT2D eigenvalue weighted by Crippen LogP contribution is -2.25. The number of H-pyrrole nitrogens is 2. The standard InChI is InChI=1S/C13H11N5O2/c1-18(9-5-15-16-6-9)13(20)8-2-3-10-11(4-8)17-12(19)7-14-10/h2-7H,1H3,(H,15,16)(H,17,19). The molecular formula is C13H11N5O2. The molecule has 0 bridgehead atoms. The average Bonchev–Trinajstić information content (AvgIpc) is 2.99. The fourth-order valence-corrected chi connectivity index (χ4v) is 1.91. The normalized spacial score (nSPS) is 10.7. The van der Waals surface area contributed by atoms with Crippen molar-refractivity contribution >= 4 is 22.6 Å². The third-order valence-electron chi connectivity index (χ3n) is 3.00. The molecule has 0 spiro atoms.